The topological polar surface area (TPSA) is 190 Å². The number of aliphatic carboxylic acids is 1. The highest BCUT2D eigenvalue weighted by Gasteiger charge is 2.40. The number of anilines is 4. The third-order valence-corrected chi connectivity index (χ3v) is 12.4. The number of aliphatic hydroxyl groups excluding tert-OH is 2. The van der Waals surface area contributed by atoms with Crippen molar-refractivity contribution in [3.63, 3.8) is 0 Å². The average Bonchev–Trinajstić information content (AvgIpc) is 4.25. The van der Waals surface area contributed by atoms with Crippen LogP contribution >= 0.6 is 23.2 Å². The van der Waals surface area contributed by atoms with Gasteiger partial charge in [0.2, 0.25) is 0 Å². The van der Waals surface area contributed by atoms with Crippen LogP contribution < -0.4 is 49.3 Å². The minimum atomic E-state index is -4.72. The van der Waals surface area contributed by atoms with E-state index in [-0.39, 0.29) is 77.8 Å². The van der Waals surface area contributed by atoms with E-state index in [2.05, 4.69) is 16.0 Å². The molecule has 2 atom stereocenters. The summed E-state index contributed by atoms with van der Waals surface area (Å²) >= 11 is 11.6. The number of carbonyl (C=O) groups excluding carboxylic acids is 1. The summed E-state index contributed by atoms with van der Waals surface area (Å²) in [5, 5.41) is 36.3. The quantitative estimate of drug-likeness (QED) is 0.0446. The van der Waals surface area contributed by atoms with Gasteiger partial charge in [0.05, 0.1) is 52.8 Å². The summed E-state index contributed by atoms with van der Waals surface area (Å²) in [6.07, 6.45) is -8.07. The SMILES string of the molecule is COc1cc(NC(C(=O)N2CCc3cc(OC)c(C(F)(F)F)cc32)c2ccc(Cl)cc2F)cc(OCCO)c1.COc1cc(NC(C(=O)O)c2ccc(Cl)cc2F)cc(OCCO)c1.COc1cc2c(cc1C(F)(F)F)NCC2. The number of fused-ring (bicyclic) bond motifs is 2. The van der Waals surface area contributed by atoms with E-state index in [9.17, 15) is 45.4 Å². The Morgan fingerprint density at radius 2 is 1.09 bits per heavy atom. The molecular formula is C54H52Cl2F8N4O11. The van der Waals surface area contributed by atoms with Gasteiger partial charge in [0, 0.05) is 93.4 Å². The van der Waals surface area contributed by atoms with E-state index in [0.29, 0.717) is 52.2 Å². The van der Waals surface area contributed by atoms with Crippen LogP contribution in [0, 0.1) is 11.6 Å². The number of halogens is 10. The van der Waals surface area contributed by atoms with Crippen molar-refractivity contribution < 1.29 is 88.5 Å². The molecule has 15 nitrogen and oxygen atoms in total. The second-order valence-electron chi connectivity index (χ2n) is 17.1. The van der Waals surface area contributed by atoms with Crippen molar-refractivity contribution >= 4 is 57.8 Å². The van der Waals surface area contributed by atoms with Gasteiger partial charge in [0.1, 0.15) is 65.4 Å². The van der Waals surface area contributed by atoms with Crippen molar-refractivity contribution in [1.82, 2.24) is 0 Å². The highest BCUT2D eigenvalue weighted by Crippen LogP contribution is 2.44. The zero-order valence-electron chi connectivity index (χ0n) is 42.4. The maximum atomic E-state index is 15.1. The van der Waals surface area contributed by atoms with Crippen LogP contribution in [0.15, 0.2) is 97.1 Å². The summed E-state index contributed by atoms with van der Waals surface area (Å²) in [4.78, 5) is 26.7. The Bertz CT molecular complexity index is 3120. The van der Waals surface area contributed by atoms with E-state index < -0.39 is 59.1 Å². The zero-order chi connectivity index (χ0) is 57.8. The molecule has 2 heterocycles. The fourth-order valence-corrected chi connectivity index (χ4v) is 8.61. The summed E-state index contributed by atoms with van der Waals surface area (Å²) in [6.45, 7) is 0.412. The Labute approximate surface area is 457 Å². The molecule has 0 aromatic heterocycles. The number of alkyl halides is 6. The number of ether oxygens (including phenoxy) is 6. The molecule has 2 aliphatic rings. The molecule has 2 aliphatic heterocycles. The van der Waals surface area contributed by atoms with Gasteiger partial charge in [-0.3, -0.25) is 4.79 Å². The summed E-state index contributed by atoms with van der Waals surface area (Å²) in [5.41, 5.74) is 0.775. The number of nitrogens with one attached hydrogen (secondary N) is 3. The second-order valence-corrected chi connectivity index (χ2v) is 17.9. The number of hydrogen-bond donors (Lipinski definition) is 6. The van der Waals surface area contributed by atoms with Gasteiger partial charge in [-0.25, -0.2) is 13.6 Å². The first-order valence-corrected chi connectivity index (χ1v) is 24.4. The fraction of sp³-hybridized carbons (Fsp3) is 0.296. The lowest BCUT2D eigenvalue weighted by Crippen LogP contribution is -2.37. The molecule has 6 N–H and O–H groups in total. The Morgan fingerprint density at radius 1 is 0.620 bits per heavy atom. The molecule has 0 fully saturated rings. The lowest BCUT2D eigenvalue weighted by molar-refractivity contribution is -0.139. The maximum absolute atomic E-state index is 15.1. The molecule has 0 saturated carbocycles. The number of amides is 1. The van der Waals surface area contributed by atoms with Crippen LogP contribution in [0.3, 0.4) is 0 Å². The molecule has 0 bridgehead atoms. The van der Waals surface area contributed by atoms with Gasteiger partial charge in [0.15, 0.2) is 6.04 Å². The number of hydrogen-bond acceptors (Lipinski definition) is 13. The van der Waals surface area contributed by atoms with Crippen LogP contribution in [-0.4, -0.2) is 95.2 Å². The van der Waals surface area contributed by atoms with Gasteiger partial charge >= 0.3 is 18.3 Å². The number of rotatable bonds is 18. The van der Waals surface area contributed by atoms with Crippen molar-refractivity contribution in [2.24, 2.45) is 0 Å². The molecular weight excluding hydrogens is 1100 g/mol. The minimum absolute atomic E-state index is 0.00363. The third-order valence-electron chi connectivity index (χ3n) is 11.9. The van der Waals surface area contributed by atoms with E-state index in [1.165, 1.54) is 74.8 Å². The first-order chi connectivity index (χ1) is 37.5. The second kappa shape index (κ2) is 26.8. The number of benzene rings is 6. The zero-order valence-corrected chi connectivity index (χ0v) is 43.9. The van der Waals surface area contributed by atoms with Gasteiger partial charge < -0.3 is 64.6 Å². The van der Waals surface area contributed by atoms with Gasteiger partial charge in [-0.05, 0) is 72.5 Å². The number of nitrogens with zero attached hydrogens (tertiary/aromatic N) is 1. The van der Waals surface area contributed by atoms with Crippen molar-refractivity contribution in [3.8, 4) is 34.5 Å². The molecule has 1 amide bonds. The number of carboxylic acid groups (broad SMARTS) is 1. The first kappa shape index (κ1) is 60.6. The van der Waals surface area contributed by atoms with E-state index in [1.54, 1.807) is 24.3 Å². The Balaban J connectivity index is 0.000000214. The molecule has 79 heavy (non-hydrogen) atoms. The minimum Gasteiger partial charge on any atom is -0.497 e. The van der Waals surface area contributed by atoms with Crippen LogP contribution in [0.1, 0.15) is 45.5 Å². The molecule has 424 valence electrons. The molecule has 0 spiro atoms. The van der Waals surface area contributed by atoms with Crippen molar-refractivity contribution in [1.29, 1.82) is 0 Å². The maximum Gasteiger partial charge on any atom is 0.420 e. The number of carbonyl (C=O) groups is 2. The molecule has 0 aliphatic carbocycles. The van der Waals surface area contributed by atoms with E-state index in [1.807, 2.05) is 0 Å². The standard InChI is InChI=1S/C27H25ClF4N2O5.C17H17ClFNO5.C10H10F3NO/c1-37-18-11-17(12-19(13-18)39-8-7-35)33-25(20-4-3-16(28)10-22(20)29)26(36)34-6-5-15-9-24(38-2)21(14-23(15)34)27(30,31)32;1-24-12-7-11(8-13(9-12)25-5-4-21)20-16(17(22)23)14-3-2-10(18)6-15(14)19;1-15-9-4-6-2-3-14-8(6)5-7(9)10(11,12)13/h3-4,9-14,25,33,35H,5-8H2,1-2H3;2-3,6-9,16,20-21H,4-5H2,1H3,(H,22,23);4-5,14H,2-3H2,1H3. The number of methoxy groups -OCH3 is 4. The van der Waals surface area contributed by atoms with Crippen LogP contribution in [0.2, 0.25) is 10.0 Å². The summed E-state index contributed by atoms with van der Waals surface area (Å²) in [6, 6.07) is 18.9. The van der Waals surface area contributed by atoms with Crippen LogP contribution in [0.4, 0.5) is 57.9 Å². The van der Waals surface area contributed by atoms with Crippen molar-refractivity contribution in [2.75, 3.05) is 88.8 Å². The molecule has 2 unspecified atom stereocenters. The molecule has 6 aromatic carbocycles. The molecule has 25 heteroatoms. The monoisotopic (exact) mass is 1150 g/mol. The lowest BCUT2D eigenvalue weighted by Gasteiger charge is -2.27. The average molecular weight is 1160 g/mol. The Morgan fingerprint density at radius 3 is 1.54 bits per heavy atom. The van der Waals surface area contributed by atoms with Crippen LogP contribution in [0.5, 0.6) is 34.5 Å². The van der Waals surface area contributed by atoms with E-state index in [0.717, 1.165) is 43.4 Å². The van der Waals surface area contributed by atoms with Crippen molar-refractivity contribution in [2.45, 2.75) is 37.3 Å². The molecule has 6 aromatic rings. The summed E-state index contributed by atoms with van der Waals surface area (Å²) in [5.74, 6) is -2.46. The van der Waals surface area contributed by atoms with Gasteiger partial charge in [0.25, 0.3) is 5.91 Å². The highest BCUT2D eigenvalue weighted by molar-refractivity contribution is 6.30. The van der Waals surface area contributed by atoms with Crippen LogP contribution in [-0.2, 0) is 34.8 Å². The van der Waals surface area contributed by atoms with Crippen molar-refractivity contribution in [3.05, 3.63) is 152 Å². The summed E-state index contributed by atoms with van der Waals surface area (Å²) < 4.78 is 139. The Hall–Kier alpha value is -7.60. The predicted octanol–water partition coefficient (Wildman–Crippen LogP) is 11.4. The molecule has 0 saturated heterocycles. The Kier molecular flexibility index (Phi) is 20.6. The van der Waals surface area contributed by atoms with Gasteiger partial charge in [-0.2, -0.15) is 26.3 Å². The number of aliphatic hydroxyl groups is 2. The normalized spacial score (nSPS) is 13.2. The lowest BCUT2D eigenvalue weighted by atomic mass is 10.0. The summed E-state index contributed by atoms with van der Waals surface area (Å²) in [7, 11) is 5.26. The smallest absolute Gasteiger partial charge is 0.420 e. The van der Waals surface area contributed by atoms with Crippen LogP contribution in [0.25, 0.3) is 0 Å². The van der Waals surface area contributed by atoms with E-state index >= 15 is 4.39 Å². The predicted molar refractivity (Wildman–Crippen MR) is 279 cm³/mol. The highest BCUT2D eigenvalue weighted by atomic mass is 35.5. The molecule has 8 rings (SSSR count). The largest absolute Gasteiger partial charge is 0.497 e. The van der Waals surface area contributed by atoms with Gasteiger partial charge in [-0.1, -0.05) is 35.3 Å². The third kappa shape index (κ3) is 15.6. The number of carboxylic acids is 1. The first-order valence-electron chi connectivity index (χ1n) is 23.6. The molecule has 0 radical (unpaired) electrons. The fourth-order valence-electron chi connectivity index (χ4n) is 8.29. The van der Waals surface area contributed by atoms with E-state index in [4.69, 9.17) is 61.8 Å². The van der Waals surface area contributed by atoms with Gasteiger partial charge in [-0.15, -0.1) is 0 Å².